The highest BCUT2D eigenvalue weighted by Gasteiger charge is 2.19. The molecule has 1 heterocycles. The van der Waals surface area contributed by atoms with Crippen molar-refractivity contribution in [2.75, 3.05) is 6.54 Å². The van der Waals surface area contributed by atoms with Gasteiger partial charge in [0.2, 0.25) is 0 Å². The van der Waals surface area contributed by atoms with E-state index in [1.54, 1.807) is 0 Å². The Labute approximate surface area is 126 Å². The molecule has 1 aromatic carbocycles. The monoisotopic (exact) mass is 359 g/mol. The molecule has 0 aromatic heterocycles. The molecule has 1 aromatic rings. The number of nitrogens with zero attached hydrogens (tertiary/aromatic N) is 1. The van der Waals surface area contributed by atoms with Gasteiger partial charge in [0, 0.05) is 6.04 Å². The van der Waals surface area contributed by atoms with Crippen LogP contribution in [0.1, 0.15) is 38.3 Å². The van der Waals surface area contributed by atoms with Gasteiger partial charge in [0.05, 0.1) is 12.6 Å². The molecule has 100 valence electrons. The summed E-state index contributed by atoms with van der Waals surface area (Å²) in [7, 11) is 0. The number of guanidine groups is 1. The molecule has 0 fully saturated rings. The van der Waals surface area contributed by atoms with E-state index in [-0.39, 0.29) is 24.0 Å². The molecule has 0 radical (unpaired) electrons. The van der Waals surface area contributed by atoms with Crippen molar-refractivity contribution in [1.29, 1.82) is 0 Å². The summed E-state index contributed by atoms with van der Waals surface area (Å²) in [6, 6.07) is 11.3. The molecule has 2 N–H and O–H groups in total. The third-order valence-corrected chi connectivity index (χ3v) is 3.27. The summed E-state index contributed by atoms with van der Waals surface area (Å²) in [4.78, 5) is 4.52. The zero-order chi connectivity index (χ0) is 12.1. The van der Waals surface area contributed by atoms with Crippen LogP contribution in [-0.4, -0.2) is 18.5 Å². The molecule has 0 spiro atoms. The van der Waals surface area contributed by atoms with Gasteiger partial charge in [0.1, 0.15) is 0 Å². The van der Waals surface area contributed by atoms with Gasteiger partial charge in [0.15, 0.2) is 5.96 Å². The highest BCUT2D eigenvalue weighted by molar-refractivity contribution is 14.0. The van der Waals surface area contributed by atoms with Gasteiger partial charge in [-0.1, -0.05) is 44.2 Å². The molecule has 0 saturated carbocycles. The Kier molecular flexibility index (Phi) is 6.46. The maximum atomic E-state index is 4.52. The fourth-order valence-electron chi connectivity index (χ4n) is 2.09. The van der Waals surface area contributed by atoms with Gasteiger partial charge in [-0.05, 0) is 18.4 Å². The Bertz CT molecular complexity index is 374. The quantitative estimate of drug-likeness (QED) is 0.811. The fourth-order valence-corrected chi connectivity index (χ4v) is 2.09. The van der Waals surface area contributed by atoms with E-state index in [2.05, 4.69) is 53.7 Å². The van der Waals surface area contributed by atoms with Crippen LogP contribution in [0.2, 0.25) is 0 Å². The molecule has 1 aliphatic heterocycles. The third kappa shape index (κ3) is 3.86. The SMILES string of the molecule is CCC(CC)NC1=NCC(c2ccccc2)N1.I. The largest absolute Gasteiger partial charge is 0.354 e. The lowest BCUT2D eigenvalue weighted by atomic mass is 10.1. The summed E-state index contributed by atoms with van der Waals surface area (Å²) in [6.07, 6.45) is 2.26. The molecule has 0 aliphatic carbocycles. The average molecular weight is 359 g/mol. The highest BCUT2D eigenvalue weighted by atomic mass is 127. The maximum absolute atomic E-state index is 4.52. The summed E-state index contributed by atoms with van der Waals surface area (Å²) in [5.41, 5.74) is 1.30. The first-order chi connectivity index (χ1) is 8.33. The number of nitrogens with one attached hydrogen (secondary N) is 2. The van der Waals surface area contributed by atoms with Crippen molar-refractivity contribution >= 4 is 29.9 Å². The molecule has 4 heteroatoms. The lowest BCUT2D eigenvalue weighted by molar-refractivity contribution is 0.559. The number of rotatable bonds is 4. The van der Waals surface area contributed by atoms with E-state index in [0.717, 1.165) is 25.3 Å². The first kappa shape index (κ1) is 15.3. The van der Waals surface area contributed by atoms with Gasteiger partial charge >= 0.3 is 0 Å². The van der Waals surface area contributed by atoms with E-state index >= 15 is 0 Å². The molecule has 1 unspecified atom stereocenters. The molecule has 1 atom stereocenters. The van der Waals surface area contributed by atoms with Crippen LogP contribution < -0.4 is 10.6 Å². The second-order valence-corrected chi connectivity index (χ2v) is 4.45. The minimum atomic E-state index is 0. The molecule has 2 rings (SSSR count). The van der Waals surface area contributed by atoms with Gasteiger partial charge in [-0.2, -0.15) is 0 Å². The van der Waals surface area contributed by atoms with Crippen LogP contribution in [-0.2, 0) is 0 Å². The molecule has 1 aliphatic rings. The number of benzene rings is 1. The van der Waals surface area contributed by atoms with Crippen molar-refractivity contribution < 1.29 is 0 Å². The first-order valence-electron chi connectivity index (χ1n) is 6.46. The first-order valence-corrected chi connectivity index (χ1v) is 6.46. The number of hydrogen-bond donors (Lipinski definition) is 2. The Morgan fingerprint density at radius 1 is 1.28 bits per heavy atom. The number of hydrogen-bond acceptors (Lipinski definition) is 3. The Balaban J connectivity index is 0.00000162. The zero-order valence-electron chi connectivity index (χ0n) is 11.0. The molecule has 0 bridgehead atoms. The summed E-state index contributed by atoms with van der Waals surface area (Å²) in [5.74, 6) is 0.951. The van der Waals surface area contributed by atoms with Crippen LogP contribution in [0.3, 0.4) is 0 Å². The van der Waals surface area contributed by atoms with Crippen LogP contribution in [0.4, 0.5) is 0 Å². The van der Waals surface area contributed by atoms with E-state index in [0.29, 0.717) is 12.1 Å². The van der Waals surface area contributed by atoms with Crippen molar-refractivity contribution in [2.24, 2.45) is 4.99 Å². The van der Waals surface area contributed by atoms with Crippen LogP contribution in [0.15, 0.2) is 35.3 Å². The van der Waals surface area contributed by atoms with Crippen LogP contribution in [0, 0.1) is 0 Å². The molecular formula is C14H22IN3. The van der Waals surface area contributed by atoms with E-state index in [1.165, 1.54) is 5.56 Å². The standard InChI is InChI=1S/C14H21N3.HI/c1-3-12(4-2)16-14-15-10-13(17-14)11-8-6-5-7-9-11;/h5-9,12-13H,3-4,10H2,1-2H3,(H2,15,16,17);1H. The van der Waals surface area contributed by atoms with E-state index in [1.807, 2.05) is 6.07 Å². The number of aliphatic imine (C=N–C) groups is 1. The summed E-state index contributed by atoms with van der Waals surface area (Å²) >= 11 is 0. The summed E-state index contributed by atoms with van der Waals surface area (Å²) < 4.78 is 0. The maximum Gasteiger partial charge on any atom is 0.192 e. The van der Waals surface area contributed by atoms with Gasteiger partial charge in [-0.15, -0.1) is 24.0 Å². The Hall–Kier alpha value is -0.780. The smallest absolute Gasteiger partial charge is 0.192 e. The third-order valence-electron chi connectivity index (χ3n) is 3.27. The zero-order valence-corrected chi connectivity index (χ0v) is 13.3. The van der Waals surface area contributed by atoms with Gasteiger partial charge in [-0.25, -0.2) is 0 Å². The Morgan fingerprint density at radius 3 is 2.56 bits per heavy atom. The van der Waals surface area contributed by atoms with Crippen molar-refractivity contribution in [1.82, 2.24) is 10.6 Å². The normalized spacial score (nSPS) is 17.9. The lowest BCUT2D eigenvalue weighted by Gasteiger charge is -2.18. The minimum absolute atomic E-state index is 0. The van der Waals surface area contributed by atoms with Crippen molar-refractivity contribution in [3.8, 4) is 0 Å². The average Bonchev–Trinajstić information content (AvgIpc) is 2.85. The van der Waals surface area contributed by atoms with Crippen LogP contribution >= 0.6 is 24.0 Å². The second kappa shape index (κ2) is 7.61. The van der Waals surface area contributed by atoms with E-state index in [9.17, 15) is 0 Å². The molecular weight excluding hydrogens is 337 g/mol. The van der Waals surface area contributed by atoms with Crippen LogP contribution in [0.25, 0.3) is 0 Å². The van der Waals surface area contributed by atoms with E-state index in [4.69, 9.17) is 0 Å². The van der Waals surface area contributed by atoms with Crippen molar-refractivity contribution in [3.05, 3.63) is 35.9 Å². The van der Waals surface area contributed by atoms with Gasteiger partial charge in [0.25, 0.3) is 0 Å². The summed E-state index contributed by atoms with van der Waals surface area (Å²) in [6.45, 7) is 5.23. The molecule has 0 saturated heterocycles. The predicted octanol–water partition coefficient (Wildman–Crippen LogP) is 3.08. The number of halogens is 1. The van der Waals surface area contributed by atoms with Gasteiger partial charge in [-0.3, -0.25) is 4.99 Å². The van der Waals surface area contributed by atoms with Crippen molar-refractivity contribution in [2.45, 2.75) is 38.8 Å². The predicted molar refractivity (Wildman–Crippen MR) is 87.5 cm³/mol. The topological polar surface area (TPSA) is 36.4 Å². The van der Waals surface area contributed by atoms with Crippen molar-refractivity contribution in [3.63, 3.8) is 0 Å². The van der Waals surface area contributed by atoms with Crippen LogP contribution in [0.5, 0.6) is 0 Å². The minimum Gasteiger partial charge on any atom is -0.354 e. The second-order valence-electron chi connectivity index (χ2n) is 4.45. The molecule has 3 nitrogen and oxygen atoms in total. The molecule has 0 amide bonds. The lowest BCUT2D eigenvalue weighted by Crippen LogP contribution is -2.41. The highest BCUT2D eigenvalue weighted by Crippen LogP contribution is 2.16. The van der Waals surface area contributed by atoms with E-state index < -0.39 is 0 Å². The fraction of sp³-hybridized carbons (Fsp3) is 0.500. The molecule has 18 heavy (non-hydrogen) atoms. The summed E-state index contributed by atoms with van der Waals surface area (Å²) in [5, 5.41) is 6.90. The Morgan fingerprint density at radius 2 is 1.94 bits per heavy atom. The van der Waals surface area contributed by atoms with Gasteiger partial charge < -0.3 is 10.6 Å².